The van der Waals surface area contributed by atoms with Gasteiger partial charge in [-0.25, -0.2) is 0 Å². The lowest BCUT2D eigenvalue weighted by molar-refractivity contribution is -0.139. The Balaban J connectivity index is 2.15. The zero-order chi connectivity index (χ0) is 13.0. The summed E-state index contributed by atoms with van der Waals surface area (Å²) in [5.74, 6) is -0.145. The molecule has 2 rings (SSSR count). The third-order valence-corrected chi connectivity index (χ3v) is 2.43. The van der Waals surface area contributed by atoms with Gasteiger partial charge >= 0.3 is 6.18 Å². The van der Waals surface area contributed by atoms with Crippen molar-refractivity contribution in [2.75, 3.05) is 0 Å². The average molecular weight is 252 g/mol. The van der Waals surface area contributed by atoms with Crippen molar-refractivity contribution >= 4 is 0 Å². The Kier molecular flexibility index (Phi) is 3.55. The molecule has 0 saturated heterocycles. The van der Waals surface area contributed by atoms with E-state index in [-0.39, 0.29) is 12.4 Å². The van der Waals surface area contributed by atoms with Crippen LogP contribution in [0.2, 0.25) is 0 Å². The van der Waals surface area contributed by atoms with Gasteiger partial charge in [0.25, 0.3) is 0 Å². The highest BCUT2D eigenvalue weighted by Crippen LogP contribution is 2.36. The van der Waals surface area contributed by atoms with Crippen molar-refractivity contribution < 1.29 is 17.9 Å². The molecule has 0 atom stereocenters. The van der Waals surface area contributed by atoms with Crippen LogP contribution in [0, 0.1) is 0 Å². The van der Waals surface area contributed by atoms with Crippen LogP contribution in [0.4, 0.5) is 13.2 Å². The number of ether oxygens (including phenoxy) is 1. The van der Waals surface area contributed by atoms with Crippen LogP contribution in [0.5, 0.6) is 5.75 Å². The van der Waals surface area contributed by atoms with Gasteiger partial charge in [-0.1, -0.05) is 42.5 Å². The summed E-state index contributed by atoms with van der Waals surface area (Å²) in [5, 5.41) is 0. The maximum atomic E-state index is 12.7. The fourth-order valence-corrected chi connectivity index (χ4v) is 1.56. The van der Waals surface area contributed by atoms with E-state index in [4.69, 9.17) is 4.74 Å². The van der Waals surface area contributed by atoms with Gasteiger partial charge in [-0.15, -0.1) is 0 Å². The highest BCUT2D eigenvalue weighted by molar-refractivity contribution is 5.35. The molecule has 0 aliphatic carbocycles. The molecule has 0 bridgehead atoms. The van der Waals surface area contributed by atoms with Crippen molar-refractivity contribution in [2.45, 2.75) is 12.8 Å². The summed E-state index contributed by atoms with van der Waals surface area (Å²) in [7, 11) is 0. The second kappa shape index (κ2) is 5.12. The molecule has 0 aliphatic rings. The lowest BCUT2D eigenvalue weighted by atomic mass is 10.2. The molecule has 0 amide bonds. The maximum absolute atomic E-state index is 12.7. The summed E-state index contributed by atoms with van der Waals surface area (Å²) in [6.45, 7) is 0.119. The molecule has 0 spiro atoms. The number of para-hydroxylation sites is 1. The van der Waals surface area contributed by atoms with Crippen molar-refractivity contribution in [3.8, 4) is 5.75 Å². The quantitative estimate of drug-likeness (QED) is 0.792. The van der Waals surface area contributed by atoms with E-state index in [2.05, 4.69) is 0 Å². The van der Waals surface area contributed by atoms with E-state index in [1.165, 1.54) is 18.2 Å². The molecule has 0 heterocycles. The van der Waals surface area contributed by atoms with E-state index in [0.717, 1.165) is 11.6 Å². The van der Waals surface area contributed by atoms with Gasteiger partial charge < -0.3 is 4.74 Å². The Hall–Kier alpha value is -1.97. The number of hydrogen-bond acceptors (Lipinski definition) is 1. The fraction of sp³-hybridized carbons (Fsp3) is 0.143. The van der Waals surface area contributed by atoms with Crippen LogP contribution in [0.15, 0.2) is 54.6 Å². The number of benzene rings is 2. The Bertz CT molecular complexity index is 506. The summed E-state index contributed by atoms with van der Waals surface area (Å²) >= 11 is 0. The van der Waals surface area contributed by atoms with Gasteiger partial charge in [-0.05, 0) is 17.7 Å². The second-order valence-electron chi connectivity index (χ2n) is 3.77. The molecule has 0 saturated carbocycles. The first-order valence-electron chi connectivity index (χ1n) is 5.40. The normalized spacial score (nSPS) is 11.3. The van der Waals surface area contributed by atoms with Crippen LogP contribution in [0.3, 0.4) is 0 Å². The van der Waals surface area contributed by atoms with Crippen molar-refractivity contribution in [1.29, 1.82) is 0 Å². The molecule has 18 heavy (non-hydrogen) atoms. The van der Waals surface area contributed by atoms with Gasteiger partial charge in [0.05, 0.1) is 5.56 Å². The van der Waals surface area contributed by atoms with Crippen LogP contribution in [0.25, 0.3) is 0 Å². The monoisotopic (exact) mass is 252 g/mol. The molecule has 0 unspecified atom stereocenters. The summed E-state index contributed by atoms with van der Waals surface area (Å²) in [6.07, 6.45) is -4.40. The zero-order valence-corrected chi connectivity index (χ0v) is 9.45. The van der Waals surface area contributed by atoms with Gasteiger partial charge in [0.15, 0.2) is 0 Å². The standard InChI is InChI=1S/C14H11F3O/c15-14(16,17)12-8-4-5-9-13(12)18-10-11-6-2-1-3-7-11/h1-9H,10H2. The minimum atomic E-state index is -4.40. The molecule has 0 fully saturated rings. The van der Waals surface area contributed by atoms with Crippen LogP contribution in [-0.2, 0) is 12.8 Å². The van der Waals surface area contributed by atoms with Gasteiger partial charge in [0.1, 0.15) is 12.4 Å². The first-order valence-corrected chi connectivity index (χ1v) is 5.40. The Morgan fingerprint density at radius 1 is 0.833 bits per heavy atom. The third-order valence-electron chi connectivity index (χ3n) is 2.43. The predicted octanol–water partition coefficient (Wildman–Crippen LogP) is 4.28. The largest absolute Gasteiger partial charge is 0.488 e. The van der Waals surface area contributed by atoms with E-state index in [1.54, 1.807) is 12.1 Å². The molecular weight excluding hydrogens is 241 g/mol. The van der Waals surface area contributed by atoms with E-state index < -0.39 is 11.7 Å². The summed E-state index contributed by atoms with van der Waals surface area (Å²) in [4.78, 5) is 0. The topological polar surface area (TPSA) is 9.23 Å². The van der Waals surface area contributed by atoms with Crippen molar-refractivity contribution in [3.05, 3.63) is 65.7 Å². The molecule has 2 aromatic carbocycles. The highest BCUT2D eigenvalue weighted by atomic mass is 19.4. The lowest BCUT2D eigenvalue weighted by Crippen LogP contribution is -2.08. The van der Waals surface area contributed by atoms with E-state index >= 15 is 0 Å². The first kappa shape index (κ1) is 12.5. The lowest BCUT2D eigenvalue weighted by Gasteiger charge is -2.13. The minimum Gasteiger partial charge on any atom is -0.488 e. The average Bonchev–Trinajstić information content (AvgIpc) is 2.37. The van der Waals surface area contributed by atoms with Crippen molar-refractivity contribution in [3.63, 3.8) is 0 Å². The molecule has 1 nitrogen and oxygen atoms in total. The molecule has 4 heteroatoms. The summed E-state index contributed by atoms with van der Waals surface area (Å²) in [5.41, 5.74) is 0.0791. The molecular formula is C14H11F3O. The number of hydrogen-bond donors (Lipinski definition) is 0. The van der Waals surface area contributed by atoms with Crippen LogP contribution >= 0.6 is 0 Å². The number of halogens is 3. The third kappa shape index (κ3) is 3.03. The van der Waals surface area contributed by atoms with Gasteiger partial charge in [-0.3, -0.25) is 0 Å². The molecule has 0 N–H and O–H groups in total. The Morgan fingerprint density at radius 3 is 2.11 bits per heavy atom. The Labute approximate surface area is 103 Å². The number of rotatable bonds is 3. The van der Waals surface area contributed by atoms with Crippen LogP contribution in [0.1, 0.15) is 11.1 Å². The summed E-state index contributed by atoms with van der Waals surface area (Å²) < 4.78 is 43.3. The molecule has 0 aliphatic heterocycles. The van der Waals surface area contributed by atoms with E-state index in [1.807, 2.05) is 18.2 Å². The fourth-order valence-electron chi connectivity index (χ4n) is 1.56. The SMILES string of the molecule is FC(F)(F)c1ccccc1OCc1ccccc1. The molecule has 0 radical (unpaired) electrons. The highest BCUT2D eigenvalue weighted by Gasteiger charge is 2.33. The van der Waals surface area contributed by atoms with E-state index in [0.29, 0.717) is 0 Å². The van der Waals surface area contributed by atoms with Crippen molar-refractivity contribution in [1.82, 2.24) is 0 Å². The smallest absolute Gasteiger partial charge is 0.419 e. The molecule has 0 aromatic heterocycles. The van der Waals surface area contributed by atoms with Gasteiger partial charge in [0, 0.05) is 0 Å². The van der Waals surface area contributed by atoms with Crippen molar-refractivity contribution in [2.24, 2.45) is 0 Å². The second-order valence-corrected chi connectivity index (χ2v) is 3.77. The van der Waals surface area contributed by atoms with Gasteiger partial charge in [-0.2, -0.15) is 13.2 Å². The molecule has 94 valence electrons. The molecule has 2 aromatic rings. The Morgan fingerprint density at radius 2 is 1.44 bits per heavy atom. The first-order chi connectivity index (χ1) is 8.57. The zero-order valence-electron chi connectivity index (χ0n) is 9.45. The van der Waals surface area contributed by atoms with E-state index in [9.17, 15) is 13.2 Å². The minimum absolute atomic E-state index is 0.119. The maximum Gasteiger partial charge on any atom is 0.419 e. The van der Waals surface area contributed by atoms with Crippen LogP contribution < -0.4 is 4.74 Å². The number of alkyl halides is 3. The van der Waals surface area contributed by atoms with Crippen LogP contribution in [-0.4, -0.2) is 0 Å². The predicted molar refractivity (Wildman–Crippen MR) is 62.2 cm³/mol. The van der Waals surface area contributed by atoms with Gasteiger partial charge in [0.2, 0.25) is 0 Å². The summed E-state index contributed by atoms with van der Waals surface area (Å²) in [6, 6.07) is 14.3.